The number of benzene rings is 1. The molecule has 0 radical (unpaired) electrons. The molecule has 0 aliphatic heterocycles. The van der Waals surface area contributed by atoms with E-state index in [-0.39, 0.29) is 11.9 Å². The van der Waals surface area contributed by atoms with Crippen LogP contribution in [0.5, 0.6) is 0 Å². The Labute approximate surface area is 126 Å². The molecule has 108 valence electrons. The van der Waals surface area contributed by atoms with Crippen molar-refractivity contribution in [2.45, 2.75) is 25.8 Å². The van der Waals surface area contributed by atoms with Crippen LogP contribution in [0, 0.1) is 5.82 Å². The first kappa shape index (κ1) is 15.2. The van der Waals surface area contributed by atoms with Gasteiger partial charge in [-0.25, -0.2) is 4.39 Å². The Kier molecular flexibility index (Phi) is 4.91. The Bertz CT molecular complexity index is 597. The van der Waals surface area contributed by atoms with Crippen LogP contribution < -0.4 is 11.3 Å². The molecule has 0 amide bonds. The summed E-state index contributed by atoms with van der Waals surface area (Å²) in [7, 11) is 1.89. The van der Waals surface area contributed by atoms with Crippen LogP contribution in [0.25, 0.3) is 0 Å². The van der Waals surface area contributed by atoms with Crippen molar-refractivity contribution in [1.29, 1.82) is 0 Å². The van der Waals surface area contributed by atoms with E-state index in [0.29, 0.717) is 6.42 Å². The van der Waals surface area contributed by atoms with E-state index < -0.39 is 0 Å². The molecule has 1 atom stereocenters. The van der Waals surface area contributed by atoms with Gasteiger partial charge in [-0.2, -0.15) is 5.10 Å². The lowest BCUT2D eigenvalue weighted by Gasteiger charge is -2.16. The molecule has 0 fully saturated rings. The number of aromatic nitrogens is 2. The van der Waals surface area contributed by atoms with Crippen LogP contribution >= 0.6 is 15.9 Å². The summed E-state index contributed by atoms with van der Waals surface area (Å²) in [5.41, 5.74) is 5.93. The Hall–Kier alpha value is -1.24. The van der Waals surface area contributed by atoms with Gasteiger partial charge in [0.25, 0.3) is 0 Å². The fourth-order valence-corrected chi connectivity index (χ4v) is 2.80. The zero-order valence-electron chi connectivity index (χ0n) is 11.5. The van der Waals surface area contributed by atoms with Gasteiger partial charge in [-0.15, -0.1) is 0 Å². The zero-order valence-corrected chi connectivity index (χ0v) is 13.1. The van der Waals surface area contributed by atoms with Gasteiger partial charge in [0.1, 0.15) is 5.82 Å². The average Bonchev–Trinajstić information content (AvgIpc) is 2.79. The predicted octanol–water partition coefficient (Wildman–Crippen LogP) is 2.63. The molecule has 1 aromatic heterocycles. The first-order valence-electron chi connectivity index (χ1n) is 6.47. The maximum atomic E-state index is 13.1. The number of nitrogens with zero attached hydrogens (tertiary/aromatic N) is 2. The van der Waals surface area contributed by atoms with E-state index in [1.807, 2.05) is 13.2 Å². The smallest absolute Gasteiger partial charge is 0.124 e. The van der Waals surface area contributed by atoms with E-state index in [0.717, 1.165) is 27.7 Å². The topological polar surface area (TPSA) is 55.9 Å². The monoisotopic (exact) mass is 340 g/mol. The number of hydrogen-bond acceptors (Lipinski definition) is 3. The minimum absolute atomic E-state index is 0.0552. The van der Waals surface area contributed by atoms with Crippen LogP contribution in [0.3, 0.4) is 0 Å². The number of hydrazine groups is 1. The van der Waals surface area contributed by atoms with Crippen LogP contribution in [-0.4, -0.2) is 9.78 Å². The molecule has 1 unspecified atom stereocenters. The van der Waals surface area contributed by atoms with E-state index in [2.05, 4.69) is 33.4 Å². The summed E-state index contributed by atoms with van der Waals surface area (Å²) in [4.78, 5) is 0. The van der Waals surface area contributed by atoms with Gasteiger partial charge in [-0.1, -0.05) is 28.9 Å². The molecule has 0 bridgehead atoms. The molecule has 0 saturated heterocycles. The Morgan fingerprint density at radius 2 is 2.25 bits per heavy atom. The van der Waals surface area contributed by atoms with Crippen molar-refractivity contribution in [1.82, 2.24) is 15.2 Å². The maximum absolute atomic E-state index is 13.1. The Balaban J connectivity index is 2.28. The largest absolute Gasteiger partial charge is 0.275 e. The van der Waals surface area contributed by atoms with Crippen LogP contribution in [0.15, 0.2) is 28.9 Å². The normalized spacial score (nSPS) is 12.7. The average molecular weight is 341 g/mol. The molecule has 0 aliphatic rings. The molecule has 6 heteroatoms. The second kappa shape index (κ2) is 6.47. The van der Waals surface area contributed by atoms with Crippen LogP contribution in [0.1, 0.15) is 29.8 Å². The van der Waals surface area contributed by atoms with E-state index in [1.54, 1.807) is 10.7 Å². The Morgan fingerprint density at radius 1 is 1.50 bits per heavy atom. The summed E-state index contributed by atoms with van der Waals surface area (Å²) >= 11 is 3.39. The lowest BCUT2D eigenvalue weighted by molar-refractivity contribution is 0.545. The standard InChI is InChI=1S/C14H18BrFN4/c1-3-13-11(8-20(2)19-13)14(18-17)6-9-4-5-10(16)7-12(9)15/h4-5,7-8,14,18H,3,6,17H2,1-2H3. The quantitative estimate of drug-likeness (QED) is 0.649. The van der Waals surface area contributed by atoms with Crippen molar-refractivity contribution in [3.05, 3.63) is 51.5 Å². The molecule has 2 rings (SSSR count). The van der Waals surface area contributed by atoms with Gasteiger partial charge in [0.15, 0.2) is 0 Å². The van der Waals surface area contributed by atoms with Gasteiger partial charge in [-0.3, -0.25) is 16.0 Å². The number of halogens is 2. The van der Waals surface area contributed by atoms with Crippen molar-refractivity contribution in [3.63, 3.8) is 0 Å². The van der Waals surface area contributed by atoms with Crippen molar-refractivity contribution < 1.29 is 4.39 Å². The van der Waals surface area contributed by atoms with Crippen molar-refractivity contribution >= 4 is 15.9 Å². The number of hydrogen-bond donors (Lipinski definition) is 2. The molecule has 1 heterocycles. The summed E-state index contributed by atoms with van der Waals surface area (Å²) in [5, 5.41) is 4.43. The molecule has 20 heavy (non-hydrogen) atoms. The highest BCUT2D eigenvalue weighted by Crippen LogP contribution is 2.26. The summed E-state index contributed by atoms with van der Waals surface area (Å²) in [5.74, 6) is 5.43. The van der Waals surface area contributed by atoms with Gasteiger partial charge >= 0.3 is 0 Å². The van der Waals surface area contributed by atoms with Crippen molar-refractivity contribution in [3.8, 4) is 0 Å². The summed E-state index contributed by atoms with van der Waals surface area (Å²) in [6, 6.07) is 4.64. The Morgan fingerprint density at radius 3 is 2.85 bits per heavy atom. The van der Waals surface area contributed by atoms with Crippen LogP contribution in [0.2, 0.25) is 0 Å². The van der Waals surface area contributed by atoms with E-state index in [1.165, 1.54) is 12.1 Å². The second-order valence-corrected chi connectivity index (χ2v) is 5.57. The predicted molar refractivity (Wildman–Crippen MR) is 80.5 cm³/mol. The van der Waals surface area contributed by atoms with E-state index in [9.17, 15) is 4.39 Å². The highest BCUT2D eigenvalue weighted by Gasteiger charge is 2.18. The molecule has 4 nitrogen and oxygen atoms in total. The highest BCUT2D eigenvalue weighted by atomic mass is 79.9. The van der Waals surface area contributed by atoms with Gasteiger partial charge in [0.2, 0.25) is 0 Å². The number of nitrogens with one attached hydrogen (secondary N) is 1. The number of aryl methyl sites for hydroxylation is 2. The maximum Gasteiger partial charge on any atom is 0.124 e. The third kappa shape index (κ3) is 3.26. The highest BCUT2D eigenvalue weighted by molar-refractivity contribution is 9.10. The summed E-state index contributed by atoms with van der Waals surface area (Å²) < 4.78 is 15.7. The minimum Gasteiger partial charge on any atom is -0.275 e. The van der Waals surface area contributed by atoms with Gasteiger partial charge in [0, 0.05) is 23.3 Å². The molecule has 3 N–H and O–H groups in total. The van der Waals surface area contributed by atoms with Gasteiger partial charge < -0.3 is 0 Å². The molecule has 2 aromatic rings. The third-order valence-electron chi connectivity index (χ3n) is 3.29. The molecular weight excluding hydrogens is 323 g/mol. The lowest BCUT2D eigenvalue weighted by Crippen LogP contribution is -2.30. The molecule has 1 aromatic carbocycles. The van der Waals surface area contributed by atoms with Crippen LogP contribution in [0.4, 0.5) is 4.39 Å². The molecule has 0 saturated carbocycles. The fraction of sp³-hybridized carbons (Fsp3) is 0.357. The molecule has 0 aliphatic carbocycles. The van der Waals surface area contributed by atoms with Gasteiger partial charge in [0.05, 0.1) is 11.7 Å². The van der Waals surface area contributed by atoms with E-state index in [4.69, 9.17) is 5.84 Å². The fourth-order valence-electron chi connectivity index (χ4n) is 2.28. The third-order valence-corrected chi connectivity index (χ3v) is 4.03. The zero-order chi connectivity index (χ0) is 14.7. The SMILES string of the molecule is CCc1nn(C)cc1C(Cc1ccc(F)cc1Br)NN. The summed E-state index contributed by atoms with van der Waals surface area (Å²) in [6.45, 7) is 2.06. The van der Waals surface area contributed by atoms with Crippen molar-refractivity contribution in [2.75, 3.05) is 0 Å². The van der Waals surface area contributed by atoms with Crippen LogP contribution in [-0.2, 0) is 19.9 Å². The first-order chi connectivity index (χ1) is 9.55. The summed E-state index contributed by atoms with van der Waals surface area (Å²) in [6.07, 6.45) is 3.48. The second-order valence-electron chi connectivity index (χ2n) is 4.72. The van der Waals surface area contributed by atoms with Gasteiger partial charge in [-0.05, 0) is 30.5 Å². The number of nitrogens with two attached hydrogens (primary N) is 1. The van der Waals surface area contributed by atoms with Crippen molar-refractivity contribution in [2.24, 2.45) is 12.9 Å². The first-order valence-corrected chi connectivity index (χ1v) is 7.27. The lowest BCUT2D eigenvalue weighted by atomic mass is 9.99. The molecular formula is C14H18BrFN4. The van der Waals surface area contributed by atoms with E-state index >= 15 is 0 Å². The number of rotatable bonds is 5. The molecule has 0 spiro atoms. The minimum atomic E-state index is -0.256.